The number of quaternary nitrogens is 1. The van der Waals surface area contributed by atoms with Gasteiger partial charge in [0, 0.05) is 12.8 Å². The number of hydrogen-bond donors (Lipinski definition) is 1. The lowest BCUT2D eigenvalue weighted by Gasteiger charge is -2.25. The van der Waals surface area contributed by atoms with E-state index in [1.54, 1.807) is 0 Å². The summed E-state index contributed by atoms with van der Waals surface area (Å²) in [6.45, 7) is 4.89. The van der Waals surface area contributed by atoms with Gasteiger partial charge in [0.2, 0.25) is 0 Å². The third-order valence-corrected chi connectivity index (χ3v) is 13.6. The summed E-state index contributed by atoms with van der Waals surface area (Å²) in [4.78, 5) is 37.5. The zero-order valence-corrected chi connectivity index (χ0v) is 48.6. The van der Waals surface area contributed by atoms with Gasteiger partial charge in [-0.25, -0.2) is 4.79 Å². The molecule has 0 aromatic rings. The second-order valence-corrected chi connectivity index (χ2v) is 22.0. The highest BCUT2D eigenvalue weighted by atomic mass is 16.7. The molecule has 0 aromatic heterocycles. The Morgan fingerprint density at radius 3 is 1.11 bits per heavy atom. The van der Waals surface area contributed by atoms with Gasteiger partial charge in [-0.05, 0) is 77.0 Å². The first-order chi connectivity index (χ1) is 35.6. The molecule has 9 heteroatoms. The van der Waals surface area contributed by atoms with Gasteiger partial charge < -0.3 is 28.5 Å². The molecule has 9 nitrogen and oxygen atoms in total. The van der Waals surface area contributed by atoms with Crippen molar-refractivity contribution in [3.8, 4) is 0 Å². The normalized spacial score (nSPS) is 13.1. The Morgan fingerprint density at radius 2 is 0.740 bits per heavy atom. The van der Waals surface area contributed by atoms with E-state index < -0.39 is 24.3 Å². The number of unbranched alkanes of at least 4 members (excludes halogenated alkanes) is 34. The molecule has 0 aromatic carbocycles. The van der Waals surface area contributed by atoms with Crippen LogP contribution in [0.4, 0.5) is 0 Å². The van der Waals surface area contributed by atoms with E-state index in [4.69, 9.17) is 18.9 Å². The van der Waals surface area contributed by atoms with Gasteiger partial charge in [-0.3, -0.25) is 9.59 Å². The zero-order chi connectivity index (χ0) is 53.4. The average Bonchev–Trinajstić information content (AvgIpc) is 3.36. The van der Waals surface area contributed by atoms with Crippen LogP contribution >= 0.6 is 0 Å². The Balaban J connectivity index is 4.21. The number of rotatable bonds is 57. The van der Waals surface area contributed by atoms with Crippen molar-refractivity contribution < 1.29 is 42.9 Å². The smallest absolute Gasteiger partial charge is 0.361 e. The molecule has 0 radical (unpaired) electrons. The lowest BCUT2D eigenvalue weighted by molar-refractivity contribution is -0.870. The van der Waals surface area contributed by atoms with E-state index in [0.717, 1.165) is 57.8 Å². The van der Waals surface area contributed by atoms with Crippen molar-refractivity contribution in [1.29, 1.82) is 0 Å². The summed E-state index contributed by atoms with van der Waals surface area (Å²) in [5, 5.41) is 9.71. The van der Waals surface area contributed by atoms with Gasteiger partial charge in [-0.15, -0.1) is 0 Å². The van der Waals surface area contributed by atoms with Crippen LogP contribution in [0, 0.1) is 0 Å². The van der Waals surface area contributed by atoms with Crippen LogP contribution in [0.1, 0.15) is 284 Å². The van der Waals surface area contributed by atoms with Crippen molar-refractivity contribution in [2.24, 2.45) is 0 Å². The molecule has 0 fully saturated rings. The van der Waals surface area contributed by atoms with E-state index in [2.05, 4.69) is 62.5 Å². The molecule has 73 heavy (non-hydrogen) atoms. The SMILES string of the molecule is CCCCCCC/C=C\C/C=C\C/C=C\CCCCCCCCCCC(=O)OC(COC(=O)CCCCCCCCCCCCCCC/C=C\CCCCCCCCCC)COC(OCC[N+](C)(C)C)C(=O)O. The maximum absolute atomic E-state index is 12.9. The Morgan fingerprint density at radius 1 is 0.411 bits per heavy atom. The van der Waals surface area contributed by atoms with Crippen molar-refractivity contribution in [3.63, 3.8) is 0 Å². The Kier molecular flexibility index (Phi) is 53.4. The van der Waals surface area contributed by atoms with Gasteiger partial charge in [0.1, 0.15) is 13.2 Å². The van der Waals surface area contributed by atoms with Crippen LogP contribution < -0.4 is 0 Å². The van der Waals surface area contributed by atoms with Gasteiger partial charge in [0.25, 0.3) is 6.29 Å². The quantitative estimate of drug-likeness (QED) is 0.0211. The molecule has 1 N–H and O–H groups in total. The van der Waals surface area contributed by atoms with Crippen molar-refractivity contribution in [1.82, 2.24) is 0 Å². The monoisotopic (exact) mass is 1030 g/mol. The maximum atomic E-state index is 12.9. The number of carboxylic acids is 1. The Bertz CT molecular complexity index is 1340. The molecule has 0 aliphatic rings. The summed E-state index contributed by atoms with van der Waals surface area (Å²) in [7, 11) is 5.97. The minimum absolute atomic E-state index is 0.184. The van der Waals surface area contributed by atoms with Gasteiger partial charge in [0.15, 0.2) is 6.10 Å². The van der Waals surface area contributed by atoms with Crippen LogP contribution in [-0.2, 0) is 33.3 Å². The zero-order valence-electron chi connectivity index (χ0n) is 48.6. The molecular weight excluding hydrogens is 911 g/mol. The third-order valence-electron chi connectivity index (χ3n) is 13.6. The molecule has 2 atom stereocenters. The molecule has 0 saturated heterocycles. The Labute approximate surface area is 451 Å². The van der Waals surface area contributed by atoms with Crippen LogP contribution in [0.2, 0.25) is 0 Å². The fourth-order valence-corrected chi connectivity index (χ4v) is 8.78. The van der Waals surface area contributed by atoms with E-state index in [0.29, 0.717) is 23.9 Å². The predicted octanol–water partition coefficient (Wildman–Crippen LogP) is 18.2. The second kappa shape index (κ2) is 55.5. The minimum Gasteiger partial charge on any atom is -0.477 e. The number of carboxylic acid groups (broad SMARTS) is 1. The minimum atomic E-state index is -1.51. The van der Waals surface area contributed by atoms with Crippen molar-refractivity contribution in [2.45, 2.75) is 296 Å². The van der Waals surface area contributed by atoms with E-state index >= 15 is 0 Å². The third kappa shape index (κ3) is 56.8. The molecule has 2 unspecified atom stereocenters. The van der Waals surface area contributed by atoms with Crippen molar-refractivity contribution in [2.75, 3.05) is 47.5 Å². The van der Waals surface area contributed by atoms with Crippen molar-refractivity contribution >= 4 is 17.9 Å². The summed E-state index contributed by atoms with van der Waals surface area (Å²) >= 11 is 0. The number of carbonyl (C=O) groups is 3. The standard InChI is InChI=1S/C64H117NO8/c1-6-8-10-12-14-16-18-20-22-24-26-28-30-31-33-34-36-38-40-42-44-46-48-50-52-54-61(66)71-58-60(59-72-64(63(68)69)70-57-56-65(3,4)5)73-62(67)55-53-51-49-47-45-43-41-39-37-35-32-29-27-25-23-21-19-17-15-13-11-9-7-2/h19,21,24-27,32,35,60,64H,6-18,20,22-23,28-31,33-34,36-59H2,1-5H3/p+1/b21-19-,26-24-,27-25-,35-32-. The topological polar surface area (TPSA) is 108 Å². The summed E-state index contributed by atoms with van der Waals surface area (Å²) in [5.41, 5.74) is 0. The van der Waals surface area contributed by atoms with Gasteiger partial charge in [-0.2, -0.15) is 0 Å². The molecular formula is C64H118NO8+. The number of ether oxygens (including phenoxy) is 4. The first-order valence-electron chi connectivity index (χ1n) is 30.8. The summed E-state index contributed by atoms with van der Waals surface area (Å²) < 4.78 is 22.9. The van der Waals surface area contributed by atoms with E-state index in [-0.39, 0.29) is 32.2 Å². The maximum Gasteiger partial charge on any atom is 0.361 e. The first kappa shape index (κ1) is 70.2. The molecule has 0 bridgehead atoms. The number of likely N-dealkylation sites (N-methyl/N-ethyl adjacent to an activating group) is 1. The summed E-state index contributed by atoms with van der Waals surface area (Å²) in [5.74, 6) is -2.00. The molecule has 0 aliphatic heterocycles. The van der Waals surface area contributed by atoms with E-state index in [1.165, 1.54) is 193 Å². The highest BCUT2D eigenvalue weighted by Crippen LogP contribution is 2.16. The molecule has 0 aliphatic carbocycles. The molecule has 0 saturated carbocycles. The lowest BCUT2D eigenvalue weighted by atomic mass is 10.0. The fraction of sp³-hybridized carbons (Fsp3) is 0.828. The van der Waals surface area contributed by atoms with Crippen LogP contribution in [-0.4, -0.2) is 87.4 Å². The number of esters is 2. The van der Waals surface area contributed by atoms with Gasteiger partial charge in [-0.1, -0.05) is 242 Å². The molecule has 0 amide bonds. The van der Waals surface area contributed by atoms with Crippen LogP contribution in [0.15, 0.2) is 48.6 Å². The van der Waals surface area contributed by atoms with Gasteiger partial charge >= 0.3 is 17.9 Å². The van der Waals surface area contributed by atoms with Crippen LogP contribution in [0.3, 0.4) is 0 Å². The van der Waals surface area contributed by atoms with Gasteiger partial charge in [0.05, 0.1) is 34.4 Å². The predicted molar refractivity (Wildman–Crippen MR) is 309 cm³/mol. The molecule has 0 heterocycles. The fourth-order valence-electron chi connectivity index (χ4n) is 8.78. The first-order valence-corrected chi connectivity index (χ1v) is 30.8. The molecule has 0 spiro atoms. The number of carbonyl (C=O) groups excluding carboxylic acids is 2. The second-order valence-electron chi connectivity index (χ2n) is 22.0. The largest absolute Gasteiger partial charge is 0.477 e. The number of nitrogens with zero attached hydrogens (tertiary/aromatic N) is 1. The number of aliphatic carboxylic acids is 1. The van der Waals surface area contributed by atoms with Crippen LogP contribution in [0.5, 0.6) is 0 Å². The lowest BCUT2D eigenvalue weighted by Crippen LogP contribution is -2.40. The molecule has 426 valence electrons. The highest BCUT2D eigenvalue weighted by molar-refractivity contribution is 5.71. The molecule has 0 rings (SSSR count). The highest BCUT2D eigenvalue weighted by Gasteiger charge is 2.25. The van der Waals surface area contributed by atoms with E-state index in [1.807, 2.05) is 21.1 Å². The number of allylic oxidation sites excluding steroid dienone is 8. The average molecular weight is 1030 g/mol. The van der Waals surface area contributed by atoms with Crippen LogP contribution in [0.25, 0.3) is 0 Å². The van der Waals surface area contributed by atoms with Crippen molar-refractivity contribution in [3.05, 3.63) is 48.6 Å². The van der Waals surface area contributed by atoms with E-state index in [9.17, 15) is 19.5 Å². The Hall–Kier alpha value is -2.75. The summed E-state index contributed by atoms with van der Waals surface area (Å²) in [6.07, 6.45) is 66.2. The summed E-state index contributed by atoms with van der Waals surface area (Å²) in [6, 6.07) is 0. The number of hydrogen-bond acceptors (Lipinski definition) is 7.